The summed E-state index contributed by atoms with van der Waals surface area (Å²) in [4.78, 5) is 11.8. The first-order valence-corrected chi connectivity index (χ1v) is 10.1. The summed E-state index contributed by atoms with van der Waals surface area (Å²) in [6.45, 7) is 2.61. The second-order valence-electron chi connectivity index (χ2n) is 6.72. The molecule has 6 heteroatoms. The van der Waals surface area contributed by atoms with E-state index < -0.39 is 0 Å². The molecule has 0 saturated carbocycles. The number of rotatable bonds is 6. The maximum atomic E-state index is 11.8. The summed E-state index contributed by atoms with van der Waals surface area (Å²) in [5, 5.41) is 5.71. The Labute approximate surface area is 182 Å². The zero-order chi connectivity index (χ0) is 20.2. The molecule has 0 radical (unpaired) electrons. The number of benzene rings is 3. The smallest absolute Gasteiger partial charge is 0.337 e. The molecular weight excluding hydrogens is 479 g/mol. The molecule has 5 nitrogen and oxygen atoms in total. The number of aryl methyl sites for hydroxylation is 1. The predicted molar refractivity (Wildman–Crippen MR) is 121 cm³/mol. The third-order valence-corrected chi connectivity index (χ3v) is 5.23. The lowest BCUT2D eigenvalue weighted by atomic mass is 10.0. The Balaban J connectivity index is 1.70. The number of carbonyl (C=O) groups is 1. The van der Waals surface area contributed by atoms with Crippen molar-refractivity contribution in [3.05, 3.63) is 83.9 Å². The highest BCUT2D eigenvalue weighted by molar-refractivity contribution is 14.1. The monoisotopic (exact) mass is 498 g/mol. The quantitative estimate of drug-likeness (QED) is 0.331. The predicted octanol–water partition coefficient (Wildman–Crippen LogP) is 5.48. The van der Waals surface area contributed by atoms with E-state index in [1.165, 1.54) is 0 Å². The minimum Gasteiger partial charge on any atom is -0.489 e. The van der Waals surface area contributed by atoms with Gasteiger partial charge in [-0.1, -0.05) is 54.6 Å². The van der Waals surface area contributed by atoms with E-state index in [0.717, 1.165) is 39.0 Å². The van der Waals surface area contributed by atoms with Crippen molar-refractivity contribution in [2.45, 2.75) is 20.1 Å². The van der Waals surface area contributed by atoms with Crippen molar-refractivity contribution in [1.29, 1.82) is 0 Å². The van der Waals surface area contributed by atoms with Gasteiger partial charge >= 0.3 is 5.97 Å². The van der Waals surface area contributed by atoms with Gasteiger partial charge in [-0.15, -0.1) is 0 Å². The van der Waals surface area contributed by atoms with Crippen molar-refractivity contribution in [2.24, 2.45) is 0 Å². The van der Waals surface area contributed by atoms with Crippen LogP contribution in [0, 0.1) is 6.92 Å². The van der Waals surface area contributed by atoms with E-state index in [-0.39, 0.29) is 12.5 Å². The third kappa shape index (κ3) is 4.27. The molecular formula is C23H19IN2O3. The largest absolute Gasteiger partial charge is 0.489 e. The van der Waals surface area contributed by atoms with Gasteiger partial charge in [-0.05, 0) is 36.2 Å². The lowest BCUT2D eigenvalue weighted by Gasteiger charge is -2.10. The van der Waals surface area contributed by atoms with E-state index in [4.69, 9.17) is 12.9 Å². The molecule has 146 valence electrons. The maximum absolute atomic E-state index is 11.8. The first kappa shape index (κ1) is 19.4. The molecule has 0 amide bonds. The SMILES string of the molecule is Cc1ccc(OCc2ccccc2)cc1-c1nn(CC(=O)OI)c2ccccc12. The Morgan fingerprint density at radius 2 is 1.79 bits per heavy atom. The average Bonchev–Trinajstić information content (AvgIpc) is 3.12. The van der Waals surface area contributed by atoms with Crippen LogP contribution < -0.4 is 4.74 Å². The fourth-order valence-electron chi connectivity index (χ4n) is 3.28. The van der Waals surface area contributed by atoms with E-state index in [1.807, 2.05) is 79.7 Å². The maximum Gasteiger partial charge on any atom is 0.337 e. The van der Waals surface area contributed by atoms with E-state index in [9.17, 15) is 4.79 Å². The van der Waals surface area contributed by atoms with E-state index >= 15 is 0 Å². The molecule has 29 heavy (non-hydrogen) atoms. The Morgan fingerprint density at radius 3 is 2.59 bits per heavy atom. The number of hydrogen-bond acceptors (Lipinski definition) is 4. The van der Waals surface area contributed by atoms with Gasteiger partial charge in [0.15, 0.2) is 23.0 Å². The molecule has 4 aromatic rings. The van der Waals surface area contributed by atoms with Crippen molar-refractivity contribution in [3.8, 4) is 17.0 Å². The molecule has 1 aromatic heterocycles. The summed E-state index contributed by atoms with van der Waals surface area (Å²) in [6, 6.07) is 23.9. The van der Waals surface area contributed by atoms with E-state index in [2.05, 4.69) is 0 Å². The molecule has 0 bridgehead atoms. The summed E-state index contributed by atoms with van der Waals surface area (Å²) < 4.78 is 12.5. The molecule has 0 N–H and O–H groups in total. The number of ether oxygens (including phenoxy) is 1. The van der Waals surface area contributed by atoms with Crippen molar-refractivity contribution >= 4 is 39.9 Å². The lowest BCUT2D eigenvalue weighted by Crippen LogP contribution is -2.10. The fraction of sp³-hybridized carbons (Fsp3) is 0.130. The summed E-state index contributed by atoms with van der Waals surface area (Å²) in [5.74, 6) is 0.432. The van der Waals surface area contributed by atoms with Crippen LogP contribution in [0.5, 0.6) is 5.75 Å². The van der Waals surface area contributed by atoms with Gasteiger partial charge in [-0.25, -0.2) is 4.79 Å². The second-order valence-corrected chi connectivity index (χ2v) is 7.16. The van der Waals surface area contributed by atoms with Gasteiger partial charge in [0.05, 0.1) is 5.52 Å². The number of hydrogen-bond donors (Lipinski definition) is 0. The molecule has 0 aliphatic rings. The zero-order valence-corrected chi connectivity index (χ0v) is 18.0. The fourth-order valence-corrected chi connectivity index (χ4v) is 3.42. The zero-order valence-electron chi connectivity index (χ0n) is 15.8. The van der Waals surface area contributed by atoms with Gasteiger partial charge in [0.1, 0.15) is 24.6 Å². The number of nitrogens with zero attached hydrogens (tertiary/aromatic N) is 2. The number of aromatic nitrogens is 2. The standard InChI is InChI=1S/C23H19IN2O3/c1-16-11-12-18(28-15-17-7-3-2-4-8-17)13-20(16)23-19-9-5-6-10-21(19)26(25-23)14-22(27)29-24/h2-13H,14-15H2,1H3. The number of carbonyl (C=O) groups excluding carboxylic acids is 1. The minimum atomic E-state index is -0.345. The molecule has 3 aromatic carbocycles. The van der Waals surface area contributed by atoms with E-state index in [1.54, 1.807) is 27.7 Å². The highest BCUT2D eigenvalue weighted by atomic mass is 127. The topological polar surface area (TPSA) is 53.4 Å². The summed E-state index contributed by atoms with van der Waals surface area (Å²) in [6.07, 6.45) is 0. The highest BCUT2D eigenvalue weighted by Gasteiger charge is 2.16. The van der Waals surface area contributed by atoms with Gasteiger partial charge in [-0.3, -0.25) is 4.68 Å². The molecule has 0 spiro atoms. The average molecular weight is 498 g/mol. The third-order valence-electron chi connectivity index (χ3n) is 4.74. The molecule has 0 aliphatic heterocycles. The van der Waals surface area contributed by atoms with Gasteiger partial charge in [-0.2, -0.15) is 5.10 Å². The van der Waals surface area contributed by atoms with Crippen molar-refractivity contribution in [3.63, 3.8) is 0 Å². The summed E-state index contributed by atoms with van der Waals surface area (Å²) >= 11 is 1.60. The Hall–Kier alpha value is -2.87. The van der Waals surface area contributed by atoms with Crippen LogP contribution in [0.15, 0.2) is 72.8 Å². The van der Waals surface area contributed by atoms with Crippen molar-refractivity contribution in [2.75, 3.05) is 0 Å². The second kappa shape index (κ2) is 8.65. The van der Waals surface area contributed by atoms with Crippen LogP contribution >= 0.6 is 23.0 Å². The van der Waals surface area contributed by atoms with Crippen LogP contribution in [-0.4, -0.2) is 15.7 Å². The van der Waals surface area contributed by atoms with Gasteiger partial charge in [0.25, 0.3) is 0 Å². The van der Waals surface area contributed by atoms with Crippen LogP contribution in [0.3, 0.4) is 0 Å². The Kier molecular flexibility index (Phi) is 5.80. The molecule has 1 heterocycles. The molecule has 0 saturated heterocycles. The van der Waals surface area contributed by atoms with E-state index in [0.29, 0.717) is 6.61 Å². The Morgan fingerprint density at radius 1 is 1.03 bits per heavy atom. The van der Waals surface area contributed by atoms with Crippen LogP contribution in [0.4, 0.5) is 0 Å². The Bertz CT molecular complexity index is 1160. The summed E-state index contributed by atoms with van der Waals surface area (Å²) in [7, 11) is 0. The highest BCUT2D eigenvalue weighted by Crippen LogP contribution is 2.33. The first-order valence-electron chi connectivity index (χ1n) is 9.20. The van der Waals surface area contributed by atoms with Crippen molar-refractivity contribution in [1.82, 2.24) is 9.78 Å². The number of para-hydroxylation sites is 1. The number of halogens is 1. The first-order chi connectivity index (χ1) is 14.2. The molecule has 0 atom stereocenters. The van der Waals surface area contributed by atoms with Crippen molar-refractivity contribution < 1.29 is 12.6 Å². The van der Waals surface area contributed by atoms with Crippen LogP contribution in [0.25, 0.3) is 22.2 Å². The van der Waals surface area contributed by atoms with Gasteiger partial charge in [0, 0.05) is 10.9 Å². The summed E-state index contributed by atoms with van der Waals surface area (Å²) in [5.41, 5.74) is 4.89. The number of fused-ring (bicyclic) bond motifs is 1. The van der Waals surface area contributed by atoms with Gasteiger partial charge in [0.2, 0.25) is 0 Å². The van der Waals surface area contributed by atoms with Crippen LogP contribution in [0.1, 0.15) is 11.1 Å². The molecule has 0 fully saturated rings. The molecule has 4 rings (SSSR count). The van der Waals surface area contributed by atoms with Crippen LogP contribution in [-0.2, 0) is 21.0 Å². The molecule has 0 unspecified atom stereocenters. The van der Waals surface area contributed by atoms with Gasteiger partial charge < -0.3 is 7.80 Å². The minimum absolute atomic E-state index is 0.0622. The normalized spacial score (nSPS) is 10.8. The lowest BCUT2D eigenvalue weighted by molar-refractivity contribution is -0.132. The molecule has 0 aliphatic carbocycles. The van der Waals surface area contributed by atoms with Crippen LogP contribution in [0.2, 0.25) is 0 Å².